The van der Waals surface area contributed by atoms with Gasteiger partial charge in [0.1, 0.15) is 11.5 Å². The van der Waals surface area contributed by atoms with Crippen LogP contribution in [0.2, 0.25) is 0 Å². The van der Waals surface area contributed by atoms with Crippen LogP contribution in [0.1, 0.15) is 34.1 Å². The van der Waals surface area contributed by atoms with Gasteiger partial charge < -0.3 is 14.4 Å². The van der Waals surface area contributed by atoms with Crippen molar-refractivity contribution in [1.29, 1.82) is 0 Å². The summed E-state index contributed by atoms with van der Waals surface area (Å²) in [5.41, 5.74) is 0.917. The minimum atomic E-state index is -0.477. The molecule has 1 unspecified atom stereocenters. The topological polar surface area (TPSA) is 81.9 Å². The molecule has 1 aromatic heterocycles. The van der Waals surface area contributed by atoms with E-state index in [1.165, 1.54) is 12.1 Å². The number of amides is 1. The monoisotopic (exact) mass is 362 g/mol. The van der Waals surface area contributed by atoms with Crippen LogP contribution < -0.4 is 9.47 Å². The molecule has 0 N–H and O–H groups in total. The Hall–Kier alpha value is -2.61. The number of carbonyl (C=O) groups is 1. The van der Waals surface area contributed by atoms with Gasteiger partial charge >= 0.3 is 5.00 Å². The fourth-order valence-corrected chi connectivity index (χ4v) is 3.89. The zero-order valence-electron chi connectivity index (χ0n) is 13.9. The SMILES string of the molecule is COc1ccc(C2CCCN2C(=O)c2ccc([N+](=O)[O-])s2)c(OC)c1. The number of nitrogens with zero attached hydrogens (tertiary/aromatic N) is 2. The minimum absolute atomic E-state index is 0.0267. The van der Waals surface area contributed by atoms with Gasteiger partial charge in [-0.1, -0.05) is 11.3 Å². The Morgan fingerprint density at radius 3 is 2.72 bits per heavy atom. The summed E-state index contributed by atoms with van der Waals surface area (Å²) in [7, 11) is 3.17. The fraction of sp³-hybridized carbons (Fsp3) is 0.353. The summed E-state index contributed by atoms with van der Waals surface area (Å²) in [5.74, 6) is 1.17. The van der Waals surface area contributed by atoms with Crippen molar-refractivity contribution in [3.63, 3.8) is 0 Å². The van der Waals surface area contributed by atoms with E-state index in [4.69, 9.17) is 9.47 Å². The molecular weight excluding hydrogens is 344 g/mol. The highest BCUT2D eigenvalue weighted by atomic mass is 32.1. The van der Waals surface area contributed by atoms with E-state index in [-0.39, 0.29) is 17.0 Å². The highest BCUT2D eigenvalue weighted by Crippen LogP contribution is 2.40. The molecular formula is C17H18N2O5S. The van der Waals surface area contributed by atoms with Gasteiger partial charge in [0.15, 0.2) is 0 Å². The summed E-state index contributed by atoms with van der Waals surface area (Å²) in [6, 6.07) is 8.32. The first-order valence-corrected chi connectivity index (χ1v) is 8.64. The first kappa shape index (κ1) is 17.2. The number of nitro groups is 1. The second-order valence-electron chi connectivity index (χ2n) is 5.66. The van der Waals surface area contributed by atoms with E-state index in [9.17, 15) is 14.9 Å². The first-order valence-electron chi connectivity index (χ1n) is 7.82. The van der Waals surface area contributed by atoms with E-state index in [0.29, 0.717) is 22.9 Å². The molecule has 0 spiro atoms. The van der Waals surface area contributed by atoms with Crippen LogP contribution >= 0.6 is 11.3 Å². The Bertz CT molecular complexity index is 804. The van der Waals surface area contributed by atoms with E-state index >= 15 is 0 Å². The molecule has 1 aliphatic rings. The van der Waals surface area contributed by atoms with Gasteiger partial charge in [-0.25, -0.2) is 0 Å². The van der Waals surface area contributed by atoms with Gasteiger partial charge in [-0.2, -0.15) is 0 Å². The zero-order valence-corrected chi connectivity index (χ0v) is 14.7. The van der Waals surface area contributed by atoms with Crippen LogP contribution in [-0.4, -0.2) is 36.5 Å². The Morgan fingerprint density at radius 1 is 1.28 bits per heavy atom. The molecule has 0 radical (unpaired) electrons. The number of methoxy groups -OCH3 is 2. The quantitative estimate of drug-likeness (QED) is 0.599. The average molecular weight is 362 g/mol. The number of carbonyl (C=O) groups excluding carboxylic acids is 1. The molecule has 1 saturated heterocycles. The number of benzene rings is 1. The predicted octanol–water partition coefficient (Wildman–Crippen LogP) is 3.65. The van der Waals surface area contributed by atoms with Crippen LogP contribution in [0.4, 0.5) is 5.00 Å². The number of ether oxygens (including phenoxy) is 2. The number of likely N-dealkylation sites (tertiary alicyclic amines) is 1. The van der Waals surface area contributed by atoms with Gasteiger partial charge in [-0.05, 0) is 31.0 Å². The van der Waals surface area contributed by atoms with Gasteiger partial charge in [0.2, 0.25) is 0 Å². The number of hydrogen-bond donors (Lipinski definition) is 0. The number of rotatable bonds is 5. The third-order valence-electron chi connectivity index (χ3n) is 4.30. The predicted molar refractivity (Wildman–Crippen MR) is 93.5 cm³/mol. The van der Waals surface area contributed by atoms with Crippen LogP contribution in [0.5, 0.6) is 11.5 Å². The van der Waals surface area contributed by atoms with Crippen molar-refractivity contribution in [2.75, 3.05) is 20.8 Å². The molecule has 1 aromatic carbocycles. The van der Waals surface area contributed by atoms with Crippen LogP contribution in [0.25, 0.3) is 0 Å². The first-order chi connectivity index (χ1) is 12.0. The molecule has 0 bridgehead atoms. The molecule has 1 aliphatic heterocycles. The molecule has 2 heterocycles. The molecule has 132 valence electrons. The highest BCUT2D eigenvalue weighted by molar-refractivity contribution is 7.17. The van der Waals surface area contributed by atoms with Crippen molar-refractivity contribution in [3.8, 4) is 11.5 Å². The summed E-state index contributed by atoms with van der Waals surface area (Å²) >= 11 is 0.908. The smallest absolute Gasteiger partial charge is 0.324 e. The van der Waals surface area contributed by atoms with E-state index in [0.717, 1.165) is 29.7 Å². The largest absolute Gasteiger partial charge is 0.497 e. The van der Waals surface area contributed by atoms with Crippen LogP contribution in [-0.2, 0) is 0 Å². The van der Waals surface area contributed by atoms with Gasteiger partial charge in [-0.3, -0.25) is 14.9 Å². The molecule has 7 nitrogen and oxygen atoms in total. The second-order valence-corrected chi connectivity index (χ2v) is 6.72. The minimum Gasteiger partial charge on any atom is -0.497 e. The maximum Gasteiger partial charge on any atom is 0.324 e. The average Bonchev–Trinajstić information content (AvgIpc) is 3.30. The lowest BCUT2D eigenvalue weighted by Crippen LogP contribution is -2.30. The Labute approximate surface area is 148 Å². The Morgan fingerprint density at radius 2 is 2.08 bits per heavy atom. The molecule has 2 aromatic rings. The molecule has 1 fully saturated rings. The van der Waals surface area contributed by atoms with E-state index in [1.54, 1.807) is 25.2 Å². The standard InChI is InChI=1S/C17H18N2O5S/c1-23-11-5-6-12(14(10-11)24-2)13-4-3-9-18(13)17(20)15-7-8-16(25-15)19(21)22/h5-8,10,13H,3-4,9H2,1-2H3. The van der Waals surface area contributed by atoms with Crippen molar-refractivity contribution in [3.05, 3.63) is 50.9 Å². The maximum atomic E-state index is 12.8. The maximum absolute atomic E-state index is 12.8. The van der Waals surface area contributed by atoms with Crippen molar-refractivity contribution in [1.82, 2.24) is 4.90 Å². The van der Waals surface area contributed by atoms with Crippen molar-refractivity contribution >= 4 is 22.2 Å². The fourth-order valence-electron chi connectivity index (χ4n) is 3.11. The van der Waals surface area contributed by atoms with Crippen LogP contribution in [0.15, 0.2) is 30.3 Å². The second kappa shape index (κ2) is 7.10. The molecule has 1 atom stereocenters. The highest BCUT2D eigenvalue weighted by Gasteiger charge is 2.33. The molecule has 3 rings (SSSR count). The summed E-state index contributed by atoms with van der Waals surface area (Å²) in [4.78, 5) is 25.4. The van der Waals surface area contributed by atoms with Gasteiger partial charge in [0.05, 0.1) is 30.1 Å². The van der Waals surface area contributed by atoms with Gasteiger partial charge in [-0.15, -0.1) is 0 Å². The Kier molecular flexibility index (Phi) is 4.89. The van der Waals surface area contributed by atoms with Crippen molar-refractivity contribution < 1.29 is 19.2 Å². The van der Waals surface area contributed by atoms with E-state index in [1.807, 2.05) is 12.1 Å². The van der Waals surface area contributed by atoms with Crippen molar-refractivity contribution in [2.24, 2.45) is 0 Å². The third kappa shape index (κ3) is 3.30. The summed E-state index contributed by atoms with van der Waals surface area (Å²) in [6.45, 7) is 0.615. The van der Waals surface area contributed by atoms with E-state index in [2.05, 4.69) is 0 Å². The number of thiophene rings is 1. The zero-order chi connectivity index (χ0) is 18.0. The molecule has 1 amide bonds. The lowest BCUT2D eigenvalue weighted by Gasteiger charge is -2.26. The van der Waals surface area contributed by atoms with Gasteiger partial charge in [0.25, 0.3) is 5.91 Å². The molecule has 25 heavy (non-hydrogen) atoms. The van der Waals surface area contributed by atoms with Crippen LogP contribution in [0.3, 0.4) is 0 Å². The van der Waals surface area contributed by atoms with E-state index < -0.39 is 4.92 Å². The third-order valence-corrected chi connectivity index (χ3v) is 5.32. The Balaban J connectivity index is 1.89. The molecule has 8 heteroatoms. The number of hydrogen-bond acceptors (Lipinski definition) is 6. The van der Waals surface area contributed by atoms with Crippen LogP contribution in [0, 0.1) is 10.1 Å². The molecule has 0 aliphatic carbocycles. The molecule has 0 saturated carbocycles. The lowest BCUT2D eigenvalue weighted by atomic mass is 10.0. The summed E-state index contributed by atoms with van der Waals surface area (Å²) < 4.78 is 10.7. The summed E-state index contributed by atoms with van der Waals surface area (Å²) in [5, 5.41) is 10.8. The normalized spacial score (nSPS) is 16.7. The lowest BCUT2D eigenvalue weighted by molar-refractivity contribution is -0.380. The summed E-state index contributed by atoms with van der Waals surface area (Å²) in [6.07, 6.45) is 1.70. The van der Waals surface area contributed by atoms with Crippen molar-refractivity contribution in [2.45, 2.75) is 18.9 Å². The van der Waals surface area contributed by atoms with Gasteiger partial charge in [0, 0.05) is 24.2 Å².